The predicted octanol–water partition coefficient (Wildman–Crippen LogP) is 4.37. The summed E-state index contributed by atoms with van der Waals surface area (Å²) in [7, 11) is 1.88. The van der Waals surface area contributed by atoms with E-state index < -0.39 is 0 Å². The molecule has 1 saturated heterocycles. The number of nitrogens with zero attached hydrogens (tertiary/aromatic N) is 4. The van der Waals surface area contributed by atoms with Gasteiger partial charge in [0, 0.05) is 25.2 Å². The number of fused-ring (bicyclic) bond motifs is 1. The molecule has 1 fully saturated rings. The summed E-state index contributed by atoms with van der Waals surface area (Å²) in [6, 6.07) is 12.3. The van der Waals surface area contributed by atoms with Crippen LogP contribution in [-0.2, 0) is 7.05 Å². The number of carbonyl (C=O) groups is 1. The smallest absolute Gasteiger partial charge is 0.255 e. The lowest BCUT2D eigenvalue weighted by Gasteiger charge is -2.28. The van der Waals surface area contributed by atoms with Crippen LogP contribution in [0.1, 0.15) is 47.3 Å². The molecule has 0 radical (unpaired) electrons. The van der Waals surface area contributed by atoms with Crippen molar-refractivity contribution in [1.82, 2.24) is 19.7 Å². The maximum absolute atomic E-state index is 13.4. The highest BCUT2D eigenvalue weighted by atomic mass is 16.2. The average Bonchev–Trinajstić information content (AvgIpc) is 2.88. The minimum Gasteiger partial charge on any atom is -0.332 e. The monoisotopic (exact) mass is 374 g/mol. The van der Waals surface area contributed by atoms with E-state index >= 15 is 0 Å². The van der Waals surface area contributed by atoms with Crippen LogP contribution in [0.4, 0.5) is 0 Å². The lowest BCUT2D eigenvalue weighted by atomic mass is 10.1. The fourth-order valence-electron chi connectivity index (χ4n) is 3.96. The third kappa shape index (κ3) is 3.70. The molecule has 5 nitrogen and oxygen atoms in total. The van der Waals surface area contributed by atoms with E-state index in [0.717, 1.165) is 48.1 Å². The topological polar surface area (TPSA) is 51.0 Å². The summed E-state index contributed by atoms with van der Waals surface area (Å²) >= 11 is 0. The van der Waals surface area contributed by atoms with E-state index in [1.165, 1.54) is 6.42 Å². The van der Waals surface area contributed by atoms with Crippen molar-refractivity contribution in [2.24, 2.45) is 7.05 Å². The van der Waals surface area contributed by atoms with Crippen LogP contribution in [0.5, 0.6) is 0 Å². The second kappa shape index (κ2) is 7.97. The highest BCUT2D eigenvalue weighted by Crippen LogP contribution is 2.23. The summed E-state index contributed by atoms with van der Waals surface area (Å²) in [6.45, 7) is 2.74. The Kier molecular flexibility index (Phi) is 5.24. The molecule has 4 rings (SSSR count). The van der Waals surface area contributed by atoms with E-state index in [0.29, 0.717) is 5.56 Å². The molecule has 5 heteroatoms. The molecule has 0 spiro atoms. The average molecular weight is 374 g/mol. The maximum atomic E-state index is 13.4. The lowest BCUT2D eigenvalue weighted by molar-refractivity contribution is 0.0718. The highest BCUT2D eigenvalue weighted by Gasteiger charge is 2.25. The molecule has 144 valence electrons. The van der Waals surface area contributed by atoms with Gasteiger partial charge in [0.25, 0.3) is 5.91 Å². The Balaban J connectivity index is 1.63. The van der Waals surface area contributed by atoms with Crippen molar-refractivity contribution in [1.29, 1.82) is 0 Å². The van der Waals surface area contributed by atoms with Crippen molar-refractivity contribution in [3.05, 3.63) is 65.5 Å². The van der Waals surface area contributed by atoms with Crippen LogP contribution in [-0.4, -0.2) is 38.2 Å². The van der Waals surface area contributed by atoms with Gasteiger partial charge < -0.3 is 4.90 Å². The second-order valence-corrected chi connectivity index (χ2v) is 7.49. The second-order valence-electron chi connectivity index (χ2n) is 7.49. The molecular formula is C23H26N4O. The van der Waals surface area contributed by atoms with Crippen molar-refractivity contribution < 1.29 is 4.79 Å². The normalized spacial score (nSPS) is 17.9. The van der Waals surface area contributed by atoms with E-state index in [-0.39, 0.29) is 11.9 Å². The van der Waals surface area contributed by atoms with E-state index in [1.54, 1.807) is 10.9 Å². The predicted molar refractivity (Wildman–Crippen MR) is 112 cm³/mol. The molecule has 28 heavy (non-hydrogen) atoms. The molecule has 1 atom stereocenters. The standard InChI is InChI=1S/C23H26N4O/c1-17-21-15-19(16-24-22(21)26(2)25-17)23(28)27-14-8-4-7-11-20(27)13-12-18-9-5-3-6-10-18/h3,5-6,9-10,12-13,15-16,20H,4,7-8,11,14H2,1-2H3/b13-12+. The van der Waals surface area contributed by atoms with Crippen LogP contribution in [0, 0.1) is 6.92 Å². The van der Waals surface area contributed by atoms with Gasteiger partial charge in [0.05, 0.1) is 17.3 Å². The minimum absolute atomic E-state index is 0.0577. The van der Waals surface area contributed by atoms with Gasteiger partial charge in [-0.3, -0.25) is 9.48 Å². The molecule has 3 aromatic rings. The van der Waals surface area contributed by atoms with Gasteiger partial charge in [-0.15, -0.1) is 0 Å². The molecule has 1 unspecified atom stereocenters. The van der Waals surface area contributed by atoms with E-state index in [9.17, 15) is 4.79 Å². The van der Waals surface area contributed by atoms with E-state index in [4.69, 9.17) is 0 Å². The third-order valence-corrected chi connectivity index (χ3v) is 5.48. The van der Waals surface area contributed by atoms with Gasteiger partial charge in [-0.05, 0) is 31.4 Å². The Hall–Kier alpha value is -2.95. The fraction of sp³-hybridized carbons (Fsp3) is 0.348. The largest absolute Gasteiger partial charge is 0.332 e. The first-order valence-electron chi connectivity index (χ1n) is 9.97. The Morgan fingerprint density at radius 1 is 1.18 bits per heavy atom. The quantitative estimate of drug-likeness (QED) is 0.684. The molecule has 0 bridgehead atoms. The number of aromatic nitrogens is 3. The summed E-state index contributed by atoms with van der Waals surface area (Å²) in [5.74, 6) is 0.0577. The molecule has 1 amide bonds. The number of pyridine rings is 1. The molecule has 0 aliphatic carbocycles. The van der Waals surface area contributed by atoms with Crippen LogP contribution in [0.15, 0.2) is 48.7 Å². The van der Waals surface area contributed by atoms with Gasteiger partial charge in [-0.2, -0.15) is 5.10 Å². The van der Waals surface area contributed by atoms with E-state index in [1.807, 2.05) is 43.1 Å². The first kappa shape index (κ1) is 18.4. The van der Waals surface area contributed by atoms with E-state index in [2.05, 4.69) is 34.4 Å². The van der Waals surface area contributed by atoms with Crippen LogP contribution in [0.2, 0.25) is 0 Å². The Morgan fingerprint density at radius 2 is 2.00 bits per heavy atom. The Bertz CT molecular complexity index is 1010. The molecule has 1 aliphatic heterocycles. The van der Waals surface area contributed by atoms with Gasteiger partial charge in [0.2, 0.25) is 0 Å². The number of benzene rings is 1. The first-order valence-corrected chi connectivity index (χ1v) is 9.97. The molecule has 3 heterocycles. The van der Waals surface area contributed by atoms with Crippen molar-refractivity contribution in [2.75, 3.05) is 6.54 Å². The Labute approximate surface area is 165 Å². The lowest BCUT2D eigenvalue weighted by Crippen LogP contribution is -2.39. The summed E-state index contributed by atoms with van der Waals surface area (Å²) in [4.78, 5) is 19.9. The molecule has 0 N–H and O–H groups in total. The summed E-state index contributed by atoms with van der Waals surface area (Å²) < 4.78 is 1.76. The number of likely N-dealkylation sites (tertiary alicyclic amines) is 1. The zero-order valence-electron chi connectivity index (χ0n) is 16.5. The number of rotatable bonds is 3. The Morgan fingerprint density at radius 3 is 2.82 bits per heavy atom. The number of amides is 1. The highest BCUT2D eigenvalue weighted by molar-refractivity contribution is 5.97. The SMILES string of the molecule is Cc1nn(C)c2ncc(C(=O)N3CCCCCC3/C=C/c3ccccc3)cc12. The molecule has 2 aromatic heterocycles. The summed E-state index contributed by atoms with van der Waals surface area (Å²) in [5.41, 5.74) is 3.51. The van der Waals surface area contributed by atoms with Crippen molar-refractivity contribution >= 4 is 23.0 Å². The minimum atomic E-state index is 0.0577. The first-order chi connectivity index (χ1) is 13.6. The van der Waals surface area contributed by atoms with Gasteiger partial charge >= 0.3 is 0 Å². The zero-order chi connectivity index (χ0) is 19.5. The third-order valence-electron chi connectivity index (χ3n) is 5.48. The van der Waals surface area contributed by atoms with Gasteiger partial charge in [-0.1, -0.05) is 55.3 Å². The van der Waals surface area contributed by atoms with Crippen LogP contribution in [0.3, 0.4) is 0 Å². The van der Waals surface area contributed by atoms with Gasteiger partial charge in [0.1, 0.15) is 0 Å². The molecule has 0 saturated carbocycles. The van der Waals surface area contributed by atoms with Crippen LogP contribution >= 0.6 is 0 Å². The number of hydrogen-bond acceptors (Lipinski definition) is 3. The van der Waals surface area contributed by atoms with Crippen LogP contribution in [0.25, 0.3) is 17.1 Å². The fourth-order valence-corrected chi connectivity index (χ4v) is 3.96. The van der Waals surface area contributed by atoms with Crippen molar-refractivity contribution in [3.63, 3.8) is 0 Å². The molecule has 1 aliphatic rings. The molecule has 1 aromatic carbocycles. The summed E-state index contributed by atoms with van der Waals surface area (Å²) in [5, 5.41) is 5.36. The van der Waals surface area contributed by atoms with Crippen LogP contribution < -0.4 is 0 Å². The summed E-state index contributed by atoms with van der Waals surface area (Å²) in [6.07, 6.45) is 10.3. The van der Waals surface area contributed by atoms with Gasteiger partial charge in [-0.25, -0.2) is 4.98 Å². The van der Waals surface area contributed by atoms with Crippen molar-refractivity contribution in [3.8, 4) is 0 Å². The number of carbonyl (C=O) groups excluding carboxylic acids is 1. The number of hydrogen-bond donors (Lipinski definition) is 0. The number of aryl methyl sites for hydroxylation is 2. The van der Waals surface area contributed by atoms with Gasteiger partial charge in [0.15, 0.2) is 5.65 Å². The maximum Gasteiger partial charge on any atom is 0.255 e. The zero-order valence-corrected chi connectivity index (χ0v) is 16.5. The van der Waals surface area contributed by atoms with Crippen molar-refractivity contribution in [2.45, 2.75) is 38.6 Å². The molecular weight excluding hydrogens is 348 g/mol.